The van der Waals surface area contributed by atoms with E-state index in [0.29, 0.717) is 29.6 Å². The molecule has 2 heterocycles. The predicted molar refractivity (Wildman–Crippen MR) is 84.1 cm³/mol. The summed E-state index contributed by atoms with van der Waals surface area (Å²) in [5.74, 6) is 0.381. The molecule has 3 rings (SSSR count). The molecule has 0 saturated carbocycles. The summed E-state index contributed by atoms with van der Waals surface area (Å²) in [4.78, 5) is 14.7. The second kappa shape index (κ2) is 6.54. The third-order valence-corrected chi connectivity index (χ3v) is 4.45. The van der Waals surface area contributed by atoms with Crippen LogP contribution in [0.4, 0.5) is 5.69 Å². The molecule has 2 fully saturated rings. The van der Waals surface area contributed by atoms with Crippen molar-refractivity contribution in [3.05, 3.63) is 23.8 Å². The van der Waals surface area contributed by atoms with Crippen LogP contribution in [0.25, 0.3) is 0 Å². The fraction of sp³-hybridized carbons (Fsp3) is 0.562. The average molecular weight is 305 g/mol. The Balaban J connectivity index is 1.54. The van der Waals surface area contributed by atoms with Crippen molar-refractivity contribution in [1.29, 1.82) is 0 Å². The van der Waals surface area contributed by atoms with E-state index in [0.717, 1.165) is 19.7 Å². The van der Waals surface area contributed by atoms with Crippen LogP contribution in [0.1, 0.15) is 23.2 Å². The Morgan fingerprint density at radius 2 is 2.41 bits per heavy atom. The number of nitrogens with two attached hydrogens (primary N) is 1. The van der Waals surface area contributed by atoms with Crippen LogP contribution in [0.2, 0.25) is 0 Å². The predicted octanol–water partition coefficient (Wildman–Crippen LogP) is 0.870. The molecular formula is C16H23N3O3. The zero-order chi connectivity index (χ0) is 15.5. The first-order valence-corrected chi connectivity index (χ1v) is 7.74. The fourth-order valence-electron chi connectivity index (χ4n) is 3.17. The summed E-state index contributed by atoms with van der Waals surface area (Å²) in [7, 11) is 1.54. The number of morpholine rings is 1. The number of rotatable bonds is 4. The van der Waals surface area contributed by atoms with E-state index in [9.17, 15) is 4.79 Å². The highest BCUT2D eigenvalue weighted by Gasteiger charge is 2.32. The smallest absolute Gasteiger partial charge is 0.251 e. The van der Waals surface area contributed by atoms with E-state index < -0.39 is 0 Å². The van der Waals surface area contributed by atoms with E-state index in [1.807, 2.05) is 0 Å². The van der Waals surface area contributed by atoms with Crippen LogP contribution in [-0.4, -0.2) is 56.3 Å². The number of anilines is 1. The zero-order valence-electron chi connectivity index (χ0n) is 12.9. The standard InChI is InChI=1S/C16H23N3O3/c1-21-15-7-11(4-5-14(15)17)16(20)18-8-13-9-19-6-2-3-12(19)10-22-13/h4-5,7,12-13H,2-3,6,8-10,17H2,1H3,(H,18,20)/t12-,13?/m1/s1. The second-order valence-electron chi connectivity index (χ2n) is 5.91. The molecule has 2 saturated heterocycles. The lowest BCUT2D eigenvalue weighted by Gasteiger charge is -2.35. The molecule has 22 heavy (non-hydrogen) atoms. The Morgan fingerprint density at radius 3 is 3.23 bits per heavy atom. The van der Waals surface area contributed by atoms with E-state index in [-0.39, 0.29) is 12.0 Å². The molecule has 0 aliphatic carbocycles. The second-order valence-corrected chi connectivity index (χ2v) is 5.91. The molecule has 1 unspecified atom stereocenters. The lowest BCUT2D eigenvalue weighted by atomic mass is 10.1. The third kappa shape index (κ3) is 3.18. The minimum atomic E-state index is -0.134. The van der Waals surface area contributed by atoms with Crippen molar-refractivity contribution < 1.29 is 14.3 Å². The highest BCUT2D eigenvalue weighted by molar-refractivity contribution is 5.95. The van der Waals surface area contributed by atoms with Gasteiger partial charge in [0, 0.05) is 24.7 Å². The summed E-state index contributed by atoms with van der Waals surface area (Å²) in [5.41, 5.74) is 6.82. The molecular weight excluding hydrogens is 282 g/mol. The summed E-state index contributed by atoms with van der Waals surface area (Å²) in [6.45, 7) is 3.34. The van der Waals surface area contributed by atoms with Crippen molar-refractivity contribution in [3.63, 3.8) is 0 Å². The molecule has 0 aromatic heterocycles. The summed E-state index contributed by atoms with van der Waals surface area (Å²) >= 11 is 0. The van der Waals surface area contributed by atoms with E-state index in [1.54, 1.807) is 18.2 Å². The molecule has 6 nitrogen and oxygen atoms in total. The SMILES string of the molecule is COc1cc(C(=O)NCC2CN3CCC[C@@H]3CO2)ccc1N. The number of methoxy groups -OCH3 is 1. The number of nitrogens with zero attached hydrogens (tertiary/aromatic N) is 1. The van der Waals surface area contributed by atoms with Crippen LogP contribution in [-0.2, 0) is 4.74 Å². The molecule has 2 atom stereocenters. The van der Waals surface area contributed by atoms with Gasteiger partial charge < -0.3 is 20.5 Å². The number of fused-ring (bicyclic) bond motifs is 1. The lowest BCUT2D eigenvalue weighted by molar-refractivity contribution is -0.0461. The van der Waals surface area contributed by atoms with Crippen LogP contribution in [0.15, 0.2) is 18.2 Å². The maximum atomic E-state index is 12.2. The largest absolute Gasteiger partial charge is 0.495 e. The van der Waals surface area contributed by atoms with Gasteiger partial charge in [-0.25, -0.2) is 0 Å². The van der Waals surface area contributed by atoms with Crippen molar-refractivity contribution in [1.82, 2.24) is 10.2 Å². The van der Waals surface area contributed by atoms with Crippen LogP contribution >= 0.6 is 0 Å². The van der Waals surface area contributed by atoms with Gasteiger partial charge in [0.25, 0.3) is 5.91 Å². The number of carbonyl (C=O) groups is 1. The Labute approximate surface area is 130 Å². The summed E-state index contributed by atoms with van der Waals surface area (Å²) in [5, 5.41) is 2.93. The fourth-order valence-corrected chi connectivity index (χ4v) is 3.17. The normalized spacial score (nSPS) is 24.8. The van der Waals surface area contributed by atoms with Crippen molar-refractivity contribution in [2.75, 3.05) is 39.1 Å². The monoisotopic (exact) mass is 305 g/mol. The first-order valence-electron chi connectivity index (χ1n) is 7.74. The van der Waals surface area contributed by atoms with Crippen molar-refractivity contribution >= 4 is 11.6 Å². The molecule has 0 radical (unpaired) electrons. The number of carbonyl (C=O) groups excluding carboxylic acids is 1. The molecule has 1 aromatic rings. The van der Waals surface area contributed by atoms with Crippen LogP contribution in [0, 0.1) is 0 Å². The number of ether oxygens (including phenoxy) is 2. The van der Waals surface area contributed by atoms with Gasteiger partial charge in [0.15, 0.2) is 0 Å². The van der Waals surface area contributed by atoms with Crippen LogP contribution in [0.5, 0.6) is 5.75 Å². The maximum absolute atomic E-state index is 12.2. The van der Waals surface area contributed by atoms with Crippen LogP contribution in [0.3, 0.4) is 0 Å². The van der Waals surface area contributed by atoms with Crippen molar-refractivity contribution in [3.8, 4) is 5.75 Å². The van der Waals surface area contributed by atoms with E-state index in [2.05, 4.69) is 10.2 Å². The quantitative estimate of drug-likeness (QED) is 0.807. The number of amides is 1. The summed E-state index contributed by atoms with van der Waals surface area (Å²) < 4.78 is 11.0. The molecule has 120 valence electrons. The number of benzene rings is 1. The first-order chi connectivity index (χ1) is 10.7. The third-order valence-electron chi connectivity index (χ3n) is 4.45. The van der Waals surface area contributed by atoms with Gasteiger partial charge >= 0.3 is 0 Å². The Bertz CT molecular complexity index is 549. The Morgan fingerprint density at radius 1 is 1.55 bits per heavy atom. The number of hydrogen-bond donors (Lipinski definition) is 2. The molecule has 2 aliphatic heterocycles. The summed E-state index contributed by atoms with van der Waals surface area (Å²) in [6, 6.07) is 5.61. The van der Waals surface area contributed by atoms with Crippen molar-refractivity contribution in [2.45, 2.75) is 25.0 Å². The van der Waals surface area contributed by atoms with Gasteiger partial charge in [-0.2, -0.15) is 0 Å². The van der Waals surface area contributed by atoms with Crippen molar-refractivity contribution in [2.24, 2.45) is 0 Å². The Hall–Kier alpha value is -1.79. The summed E-state index contributed by atoms with van der Waals surface area (Å²) in [6.07, 6.45) is 2.54. The topological polar surface area (TPSA) is 76.8 Å². The van der Waals surface area contributed by atoms with Gasteiger partial charge in [-0.1, -0.05) is 0 Å². The number of nitrogens with one attached hydrogen (secondary N) is 1. The zero-order valence-corrected chi connectivity index (χ0v) is 12.9. The van der Waals surface area contributed by atoms with E-state index in [4.69, 9.17) is 15.2 Å². The van der Waals surface area contributed by atoms with E-state index in [1.165, 1.54) is 20.0 Å². The molecule has 2 aliphatic rings. The molecule has 6 heteroatoms. The molecule has 0 bridgehead atoms. The maximum Gasteiger partial charge on any atom is 0.251 e. The van der Waals surface area contributed by atoms with Gasteiger partial charge in [-0.3, -0.25) is 9.69 Å². The Kier molecular flexibility index (Phi) is 4.49. The van der Waals surface area contributed by atoms with Gasteiger partial charge in [0.2, 0.25) is 0 Å². The molecule has 3 N–H and O–H groups in total. The minimum Gasteiger partial charge on any atom is -0.495 e. The molecule has 0 spiro atoms. The van der Waals surface area contributed by atoms with Gasteiger partial charge in [0.1, 0.15) is 5.75 Å². The van der Waals surface area contributed by atoms with Gasteiger partial charge in [0.05, 0.1) is 25.5 Å². The first kappa shape index (κ1) is 15.1. The van der Waals surface area contributed by atoms with Crippen LogP contribution < -0.4 is 15.8 Å². The average Bonchev–Trinajstić information content (AvgIpc) is 3.00. The molecule has 1 amide bonds. The van der Waals surface area contributed by atoms with Gasteiger partial charge in [-0.05, 0) is 37.6 Å². The highest BCUT2D eigenvalue weighted by Crippen LogP contribution is 2.23. The number of hydrogen-bond acceptors (Lipinski definition) is 5. The highest BCUT2D eigenvalue weighted by atomic mass is 16.5. The van der Waals surface area contributed by atoms with Gasteiger partial charge in [-0.15, -0.1) is 0 Å². The minimum absolute atomic E-state index is 0.0639. The molecule has 1 aromatic carbocycles. The number of nitrogen functional groups attached to an aromatic ring is 1. The van der Waals surface area contributed by atoms with E-state index >= 15 is 0 Å². The lowest BCUT2D eigenvalue weighted by Crippen LogP contribution is -2.50.